The molecule has 1 unspecified atom stereocenters. The topological polar surface area (TPSA) is 63.8 Å². The molecular weight excluding hydrogens is 268 g/mol. The number of aromatic nitrogens is 2. The zero-order chi connectivity index (χ0) is 14.4. The molecule has 0 aliphatic heterocycles. The molecule has 2 aromatic rings. The SMILES string of the molecule is CCCNC(Cc1csc(C)n1)Cc1cccnc1N. The van der Waals surface area contributed by atoms with Crippen molar-refractivity contribution in [3.63, 3.8) is 0 Å². The van der Waals surface area contributed by atoms with E-state index in [4.69, 9.17) is 5.73 Å². The summed E-state index contributed by atoms with van der Waals surface area (Å²) in [5.41, 5.74) is 8.20. The lowest BCUT2D eigenvalue weighted by Crippen LogP contribution is -2.34. The number of hydrogen-bond acceptors (Lipinski definition) is 5. The van der Waals surface area contributed by atoms with Crippen LogP contribution >= 0.6 is 11.3 Å². The van der Waals surface area contributed by atoms with Gasteiger partial charge in [0.05, 0.1) is 10.7 Å². The predicted molar refractivity (Wildman–Crippen MR) is 85.0 cm³/mol. The van der Waals surface area contributed by atoms with Crippen LogP contribution in [-0.4, -0.2) is 22.6 Å². The fraction of sp³-hybridized carbons (Fsp3) is 0.467. The first kappa shape index (κ1) is 14.9. The lowest BCUT2D eigenvalue weighted by molar-refractivity contribution is 0.501. The first-order chi connectivity index (χ1) is 9.69. The van der Waals surface area contributed by atoms with Crippen LogP contribution < -0.4 is 11.1 Å². The summed E-state index contributed by atoms with van der Waals surface area (Å²) in [4.78, 5) is 8.71. The summed E-state index contributed by atoms with van der Waals surface area (Å²) in [6, 6.07) is 4.34. The van der Waals surface area contributed by atoms with Crippen LogP contribution in [0.2, 0.25) is 0 Å². The molecule has 0 bridgehead atoms. The first-order valence-electron chi connectivity index (χ1n) is 7.02. The van der Waals surface area contributed by atoms with Crippen molar-refractivity contribution in [1.82, 2.24) is 15.3 Å². The largest absolute Gasteiger partial charge is 0.383 e. The van der Waals surface area contributed by atoms with E-state index in [2.05, 4.69) is 33.7 Å². The number of hydrogen-bond donors (Lipinski definition) is 2. The van der Waals surface area contributed by atoms with Gasteiger partial charge in [0.2, 0.25) is 0 Å². The van der Waals surface area contributed by atoms with Crippen LogP contribution in [0, 0.1) is 6.92 Å². The van der Waals surface area contributed by atoms with Crippen LogP contribution in [0.15, 0.2) is 23.7 Å². The molecule has 0 fully saturated rings. The highest BCUT2D eigenvalue weighted by molar-refractivity contribution is 7.09. The molecular formula is C15H22N4S. The second-order valence-electron chi connectivity index (χ2n) is 4.96. The van der Waals surface area contributed by atoms with Gasteiger partial charge in [0.1, 0.15) is 5.82 Å². The first-order valence-corrected chi connectivity index (χ1v) is 7.90. The van der Waals surface area contributed by atoms with Crippen LogP contribution in [0.25, 0.3) is 0 Å². The Kier molecular flexibility index (Phi) is 5.49. The van der Waals surface area contributed by atoms with Crippen molar-refractivity contribution in [3.8, 4) is 0 Å². The number of thiazole rings is 1. The van der Waals surface area contributed by atoms with Crippen molar-refractivity contribution < 1.29 is 0 Å². The standard InChI is InChI=1S/C15H22N4S/c1-3-6-17-13(9-14-10-20-11(2)19-14)8-12-5-4-7-18-15(12)16/h4-5,7,10,13,17H,3,6,8-9H2,1-2H3,(H2,16,18). The van der Waals surface area contributed by atoms with Gasteiger partial charge in [-0.2, -0.15) is 0 Å². The van der Waals surface area contributed by atoms with Crippen LogP contribution in [0.3, 0.4) is 0 Å². The Hall–Kier alpha value is -1.46. The zero-order valence-corrected chi connectivity index (χ0v) is 12.9. The maximum Gasteiger partial charge on any atom is 0.126 e. The number of nitrogen functional groups attached to an aromatic ring is 1. The lowest BCUT2D eigenvalue weighted by atomic mass is 10.0. The molecule has 0 spiro atoms. The van der Waals surface area contributed by atoms with Crippen molar-refractivity contribution in [2.75, 3.05) is 12.3 Å². The molecule has 0 saturated heterocycles. The molecule has 0 radical (unpaired) electrons. The third kappa shape index (κ3) is 4.28. The molecule has 0 saturated carbocycles. The smallest absolute Gasteiger partial charge is 0.126 e. The Bertz CT molecular complexity index is 538. The molecule has 0 aromatic carbocycles. The molecule has 4 nitrogen and oxygen atoms in total. The molecule has 2 aromatic heterocycles. The second-order valence-corrected chi connectivity index (χ2v) is 6.03. The molecule has 0 amide bonds. The van der Waals surface area contributed by atoms with E-state index in [1.54, 1.807) is 17.5 Å². The van der Waals surface area contributed by atoms with Gasteiger partial charge in [-0.25, -0.2) is 9.97 Å². The number of nitrogens with zero attached hydrogens (tertiary/aromatic N) is 2. The fourth-order valence-electron chi connectivity index (χ4n) is 2.21. The average molecular weight is 290 g/mol. The van der Waals surface area contributed by atoms with Crippen molar-refractivity contribution >= 4 is 17.2 Å². The second kappa shape index (κ2) is 7.36. The van der Waals surface area contributed by atoms with Gasteiger partial charge >= 0.3 is 0 Å². The Balaban J connectivity index is 2.05. The number of nitrogens with one attached hydrogen (secondary N) is 1. The third-order valence-corrected chi connectivity index (χ3v) is 4.02. The summed E-state index contributed by atoms with van der Waals surface area (Å²) in [5, 5.41) is 6.85. The molecule has 2 rings (SSSR count). The molecule has 3 N–H and O–H groups in total. The van der Waals surface area contributed by atoms with E-state index in [0.717, 1.165) is 42.1 Å². The van der Waals surface area contributed by atoms with Crippen LogP contribution in [0.4, 0.5) is 5.82 Å². The number of pyridine rings is 1. The summed E-state index contributed by atoms with van der Waals surface area (Å²) in [5.74, 6) is 0.630. The summed E-state index contributed by atoms with van der Waals surface area (Å²) in [6.07, 6.45) is 4.67. The summed E-state index contributed by atoms with van der Waals surface area (Å²) < 4.78 is 0. The van der Waals surface area contributed by atoms with Crippen LogP contribution in [-0.2, 0) is 12.8 Å². The minimum Gasteiger partial charge on any atom is -0.383 e. The minimum atomic E-state index is 0.350. The molecule has 0 aliphatic carbocycles. The molecule has 108 valence electrons. The number of nitrogens with two attached hydrogens (primary N) is 1. The van der Waals surface area contributed by atoms with E-state index >= 15 is 0 Å². The van der Waals surface area contributed by atoms with Gasteiger partial charge in [0, 0.05) is 24.0 Å². The number of aryl methyl sites for hydroxylation is 1. The number of rotatable bonds is 7. The van der Waals surface area contributed by atoms with E-state index in [1.807, 2.05) is 13.0 Å². The monoisotopic (exact) mass is 290 g/mol. The molecule has 0 aliphatic rings. The third-order valence-electron chi connectivity index (χ3n) is 3.20. The maximum atomic E-state index is 5.94. The van der Waals surface area contributed by atoms with E-state index in [9.17, 15) is 0 Å². The van der Waals surface area contributed by atoms with Gasteiger partial charge in [-0.15, -0.1) is 11.3 Å². The van der Waals surface area contributed by atoms with Gasteiger partial charge < -0.3 is 11.1 Å². The van der Waals surface area contributed by atoms with Gasteiger partial charge in [0.25, 0.3) is 0 Å². The quantitative estimate of drug-likeness (QED) is 0.822. The van der Waals surface area contributed by atoms with Gasteiger partial charge in [-0.3, -0.25) is 0 Å². The lowest BCUT2D eigenvalue weighted by Gasteiger charge is -2.18. The van der Waals surface area contributed by atoms with Gasteiger partial charge in [-0.1, -0.05) is 13.0 Å². The van der Waals surface area contributed by atoms with E-state index in [0.29, 0.717) is 11.9 Å². The zero-order valence-electron chi connectivity index (χ0n) is 12.1. The predicted octanol–water partition coefficient (Wildman–Crippen LogP) is 2.58. The van der Waals surface area contributed by atoms with Crippen molar-refractivity contribution in [1.29, 1.82) is 0 Å². The Morgan fingerprint density at radius 2 is 2.25 bits per heavy atom. The summed E-state index contributed by atoms with van der Waals surface area (Å²) in [7, 11) is 0. The van der Waals surface area contributed by atoms with E-state index in [1.165, 1.54) is 0 Å². The molecule has 1 atom stereocenters. The van der Waals surface area contributed by atoms with E-state index in [-0.39, 0.29) is 0 Å². The minimum absolute atomic E-state index is 0.350. The molecule has 2 heterocycles. The van der Waals surface area contributed by atoms with Crippen molar-refractivity contribution in [3.05, 3.63) is 40.0 Å². The van der Waals surface area contributed by atoms with Crippen LogP contribution in [0.1, 0.15) is 29.6 Å². The highest BCUT2D eigenvalue weighted by Gasteiger charge is 2.13. The maximum absolute atomic E-state index is 5.94. The molecule has 20 heavy (non-hydrogen) atoms. The van der Waals surface area contributed by atoms with Gasteiger partial charge in [-0.05, 0) is 37.9 Å². The summed E-state index contributed by atoms with van der Waals surface area (Å²) >= 11 is 1.70. The highest BCUT2D eigenvalue weighted by Crippen LogP contribution is 2.15. The highest BCUT2D eigenvalue weighted by atomic mass is 32.1. The summed E-state index contributed by atoms with van der Waals surface area (Å²) in [6.45, 7) is 5.23. The van der Waals surface area contributed by atoms with Crippen molar-refractivity contribution in [2.24, 2.45) is 0 Å². The Labute approximate surface area is 124 Å². The average Bonchev–Trinajstić information content (AvgIpc) is 2.84. The van der Waals surface area contributed by atoms with Gasteiger partial charge in [0.15, 0.2) is 0 Å². The van der Waals surface area contributed by atoms with Crippen molar-refractivity contribution in [2.45, 2.75) is 39.2 Å². The normalized spacial score (nSPS) is 12.5. The van der Waals surface area contributed by atoms with Crippen LogP contribution in [0.5, 0.6) is 0 Å². The number of anilines is 1. The molecule has 5 heteroatoms. The van der Waals surface area contributed by atoms with E-state index < -0.39 is 0 Å². The Morgan fingerprint density at radius 1 is 1.40 bits per heavy atom. The fourth-order valence-corrected chi connectivity index (χ4v) is 2.83. The Morgan fingerprint density at radius 3 is 2.90 bits per heavy atom.